The lowest BCUT2D eigenvalue weighted by atomic mass is 9.91. The Balaban J connectivity index is 1.08. The van der Waals surface area contributed by atoms with Crippen LogP contribution in [0.3, 0.4) is 0 Å². The van der Waals surface area contributed by atoms with Gasteiger partial charge in [-0.1, -0.05) is 97.9 Å². The fraction of sp³-hybridized carbons (Fsp3) is 0.200. The molecule has 1 aliphatic rings. The van der Waals surface area contributed by atoms with Crippen LogP contribution in [0.4, 0.5) is 0 Å². The average molecular weight is 669 g/mol. The first-order valence-electron chi connectivity index (χ1n) is 16.3. The molecule has 6 aromatic rings. The summed E-state index contributed by atoms with van der Waals surface area (Å²) in [6, 6.07) is 37.6. The number of hydrogen-bond donors (Lipinski definition) is 2. The number of pyridine rings is 1. The number of para-hydroxylation sites is 2. The Kier molecular flexibility index (Phi) is 10.0. The number of amides is 1. The number of fused-ring (bicyclic) bond motifs is 1. The Morgan fingerprint density at radius 2 is 1.55 bits per heavy atom. The molecular formula is C40H36N4O4S. The number of aromatic nitrogens is 3. The zero-order chi connectivity index (χ0) is 33.6. The van der Waals surface area contributed by atoms with Gasteiger partial charge in [-0.05, 0) is 52.1 Å². The molecular weight excluding hydrogens is 633 g/mol. The summed E-state index contributed by atoms with van der Waals surface area (Å²) in [5.74, 6) is 0.528. The van der Waals surface area contributed by atoms with Crippen LogP contribution in [0, 0.1) is 5.92 Å². The number of aliphatic hydroxyl groups is 1. The van der Waals surface area contributed by atoms with E-state index in [-0.39, 0.29) is 36.3 Å². The zero-order valence-corrected chi connectivity index (χ0v) is 27.8. The van der Waals surface area contributed by atoms with E-state index >= 15 is 0 Å². The van der Waals surface area contributed by atoms with Crippen LogP contribution in [0.5, 0.6) is 0 Å². The van der Waals surface area contributed by atoms with Crippen molar-refractivity contribution in [3.63, 3.8) is 0 Å². The van der Waals surface area contributed by atoms with Crippen molar-refractivity contribution in [2.75, 3.05) is 5.75 Å². The molecule has 0 spiro atoms. The molecule has 1 amide bonds. The second-order valence-electron chi connectivity index (χ2n) is 12.0. The highest BCUT2D eigenvalue weighted by atomic mass is 32.2. The van der Waals surface area contributed by atoms with Gasteiger partial charge in [0.05, 0.1) is 41.1 Å². The highest BCUT2D eigenvalue weighted by Crippen LogP contribution is 2.43. The summed E-state index contributed by atoms with van der Waals surface area (Å²) >= 11 is 1.68. The number of carbonyl (C=O) groups excluding carboxylic acids is 1. The van der Waals surface area contributed by atoms with Crippen LogP contribution >= 0.6 is 11.8 Å². The number of carbonyl (C=O) groups is 1. The van der Waals surface area contributed by atoms with Crippen molar-refractivity contribution in [1.82, 2.24) is 20.3 Å². The average Bonchev–Trinajstić information content (AvgIpc) is 3.17. The summed E-state index contributed by atoms with van der Waals surface area (Å²) in [6.45, 7) is 2.50. The number of ether oxygens (including phenoxy) is 2. The van der Waals surface area contributed by atoms with E-state index < -0.39 is 6.29 Å². The molecule has 3 heterocycles. The standard InChI is InChI=1S/C40H36N4O4S/c1-26-36(25-49-37-12-6-7-21-41-37)47-40(48-38(26)29-15-13-27(24-45)14-16-29)30-19-17-28(18-20-30)32-9-3-2-8-31(32)22-43-39(46)35-23-42-33-10-4-5-11-34(33)44-35/h2-21,23,26,36,38,40,45H,22,24-25H2,1H3,(H,43,46). The van der Waals surface area contributed by atoms with E-state index in [1.807, 2.05) is 97.1 Å². The second kappa shape index (κ2) is 15.1. The Labute approximate surface area is 289 Å². The van der Waals surface area contributed by atoms with Gasteiger partial charge in [-0.3, -0.25) is 9.78 Å². The molecule has 9 heteroatoms. The highest BCUT2D eigenvalue weighted by Gasteiger charge is 2.38. The monoisotopic (exact) mass is 668 g/mol. The summed E-state index contributed by atoms with van der Waals surface area (Å²) in [5, 5.41) is 13.5. The normalized spacial score (nSPS) is 19.1. The maximum Gasteiger partial charge on any atom is 0.271 e. The van der Waals surface area contributed by atoms with Crippen molar-refractivity contribution in [2.45, 2.75) is 43.6 Å². The van der Waals surface area contributed by atoms with E-state index in [0.717, 1.165) is 49.7 Å². The summed E-state index contributed by atoms with van der Waals surface area (Å²) in [6.07, 6.45) is 2.45. The molecule has 2 N–H and O–H groups in total. The van der Waals surface area contributed by atoms with E-state index in [2.05, 4.69) is 45.4 Å². The third kappa shape index (κ3) is 7.55. The maximum absolute atomic E-state index is 13.0. The molecule has 2 aromatic heterocycles. The minimum absolute atomic E-state index is 0.00256. The van der Waals surface area contributed by atoms with Gasteiger partial charge >= 0.3 is 0 Å². The van der Waals surface area contributed by atoms with Gasteiger partial charge in [-0.15, -0.1) is 11.8 Å². The smallest absolute Gasteiger partial charge is 0.271 e. The van der Waals surface area contributed by atoms with Gasteiger partial charge in [-0.25, -0.2) is 9.97 Å². The highest BCUT2D eigenvalue weighted by molar-refractivity contribution is 7.99. The molecule has 0 aliphatic carbocycles. The van der Waals surface area contributed by atoms with Crippen molar-refractivity contribution in [3.05, 3.63) is 156 Å². The third-order valence-electron chi connectivity index (χ3n) is 8.79. The molecule has 4 atom stereocenters. The largest absolute Gasteiger partial charge is 0.392 e. The minimum Gasteiger partial charge on any atom is -0.392 e. The van der Waals surface area contributed by atoms with Crippen LogP contribution in [-0.2, 0) is 22.6 Å². The first-order valence-corrected chi connectivity index (χ1v) is 17.3. The minimum atomic E-state index is -0.570. The van der Waals surface area contributed by atoms with Gasteiger partial charge in [0.1, 0.15) is 5.69 Å². The van der Waals surface area contributed by atoms with E-state index in [0.29, 0.717) is 12.1 Å². The number of benzene rings is 4. The second-order valence-corrected chi connectivity index (χ2v) is 13.0. The molecule has 1 saturated heterocycles. The van der Waals surface area contributed by atoms with Gasteiger partial charge in [0.2, 0.25) is 0 Å². The quantitative estimate of drug-likeness (QED) is 0.143. The molecule has 246 valence electrons. The van der Waals surface area contributed by atoms with Crippen molar-refractivity contribution >= 4 is 28.7 Å². The number of hydrogen-bond acceptors (Lipinski definition) is 8. The zero-order valence-electron chi connectivity index (χ0n) is 27.0. The Hall–Kier alpha value is -4.93. The molecule has 4 unspecified atom stereocenters. The lowest BCUT2D eigenvalue weighted by molar-refractivity contribution is -0.268. The Morgan fingerprint density at radius 3 is 2.33 bits per heavy atom. The van der Waals surface area contributed by atoms with Crippen molar-refractivity contribution in [1.29, 1.82) is 0 Å². The van der Waals surface area contributed by atoms with Gasteiger partial charge < -0.3 is 19.9 Å². The fourth-order valence-corrected chi connectivity index (χ4v) is 7.05. The molecule has 0 bridgehead atoms. The van der Waals surface area contributed by atoms with Crippen LogP contribution in [-0.4, -0.2) is 37.8 Å². The number of aliphatic hydroxyl groups excluding tert-OH is 1. The maximum atomic E-state index is 13.0. The molecule has 49 heavy (non-hydrogen) atoms. The van der Waals surface area contributed by atoms with Gasteiger partial charge in [-0.2, -0.15) is 0 Å². The summed E-state index contributed by atoms with van der Waals surface area (Å²) < 4.78 is 13.3. The molecule has 4 aromatic carbocycles. The third-order valence-corrected chi connectivity index (χ3v) is 9.82. The first kappa shape index (κ1) is 32.6. The predicted molar refractivity (Wildman–Crippen MR) is 191 cm³/mol. The Bertz CT molecular complexity index is 2030. The summed E-state index contributed by atoms with van der Waals surface area (Å²) in [7, 11) is 0. The van der Waals surface area contributed by atoms with Crippen molar-refractivity contribution in [3.8, 4) is 11.1 Å². The lowest BCUT2D eigenvalue weighted by Crippen LogP contribution is -2.38. The number of rotatable bonds is 10. The molecule has 1 aliphatic heterocycles. The number of nitrogens with one attached hydrogen (secondary N) is 1. The lowest BCUT2D eigenvalue weighted by Gasteiger charge is -2.41. The van der Waals surface area contributed by atoms with Gasteiger partial charge in [0, 0.05) is 30.0 Å². The topological polar surface area (TPSA) is 106 Å². The van der Waals surface area contributed by atoms with E-state index in [1.165, 1.54) is 6.20 Å². The van der Waals surface area contributed by atoms with Gasteiger partial charge in [0.25, 0.3) is 5.91 Å². The van der Waals surface area contributed by atoms with Crippen LogP contribution in [0.2, 0.25) is 0 Å². The van der Waals surface area contributed by atoms with Crippen LogP contribution in [0.1, 0.15) is 52.1 Å². The van der Waals surface area contributed by atoms with Crippen molar-refractivity contribution in [2.24, 2.45) is 5.92 Å². The van der Waals surface area contributed by atoms with E-state index in [1.54, 1.807) is 18.0 Å². The molecule has 8 nitrogen and oxygen atoms in total. The Morgan fingerprint density at radius 1 is 0.816 bits per heavy atom. The van der Waals surface area contributed by atoms with Gasteiger partial charge in [0.15, 0.2) is 6.29 Å². The fourth-order valence-electron chi connectivity index (χ4n) is 6.02. The first-order chi connectivity index (χ1) is 24.1. The van der Waals surface area contributed by atoms with E-state index in [4.69, 9.17) is 9.47 Å². The summed E-state index contributed by atoms with van der Waals surface area (Å²) in [4.78, 5) is 26.3. The van der Waals surface area contributed by atoms with Crippen LogP contribution < -0.4 is 5.32 Å². The molecule has 0 saturated carbocycles. The van der Waals surface area contributed by atoms with Crippen LogP contribution in [0.25, 0.3) is 22.2 Å². The molecule has 0 radical (unpaired) electrons. The number of nitrogens with zero attached hydrogens (tertiary/aromatic N) is 3. The molecule has 7 rings (SSSR count). The number of thioether (sulfide) groups is 1. The summed E-state index contributed by atoms with van der Waals surface area (Å²) in [5.41, 5.74) is 7.55. The molecule has 1 fully saturated rings. The van der Waals surface area contributed by atoms with E-state index in [9.17, 15) is 9.90 Å². The van der Waals surface area contributed by atoms with Crippen molar-refractivity contribution < 1.29 is 19.4 Å². The predicted octanol–water partition coefficient (Wildman–Crippen LogP) is 7.70. The SMILES string of the molecule is CC1C(CSc2ccccn2)OC(c2ccc(-c3ccccc3CNC(=O)c3cnc4ccccc4n3)cc2)OC1c1ccc(CO)cc1. The van der Waals surface area contributed by atoms with Crippen LogP contribution in [0.15, 0.2) is 133 Å².